The summed E-state index contributed by atoms with van der Waals surface area (Å²) in [6, 6.07) is 24.4. The number of aliphatic carboxylic acids is 1. The molecule has 6 nitrogen and oxygen atoms in total. The Morgan fingerprint density at radius 3 is 2.14 bits per heavy atom. The molecule has 1 aliphatic rings. The van der Waals surface area contributed by atoms with Crippen molar-refractivity contribution in [2.75, 3.05) is 43.1 Å². The van der Waals surface area contributed by atoms with Crippen LogP contribution < -0.4 is 53.9 Å². The van der Waals surface area contributed by atoms with Crippen LogP contribution in [-0.4, -0.2) is 39.3 Å². The Kier molecular flexibility index (Phi) is 10.9. The molecule has 0 radical (unpaired) electrons. The van der Waals surface area contributed by atoms with Gasteiger partial charge >= 0.3 is 29.6 Å². The first-order valence-electron chi connectivity index (χ1n) is 12.3. The minimum atomic E-state index is -1.06. The fourth-order valence-electron chi connectivity index (χ4n) is 4.55. The van der Waals surface area contributed by atoms with Crippen molar-refractivity contribution in [1.82, 2.24) is 0 Å². The van der Waals surface area contributed by atoms with Crippen LogP contribution in [0.15, 0.2) is 84.9 Å². The number of allylic oxidation sites excluding steroid dienone is 2. The quantitative estimate of drug-likeness (QED) is 0.305. The number of hydrogen-bond donors (Lipinski definition) is 0. The third kappa shape index (κ3) is 8.03. The van der Waals surface area contributed by atoms with Crippen molar-refractivity contribution in [2.45, 2.75) is 25.9 Å². The number of carboxylic acids is 1. The van der Waals surface area contributed by atoms with Crippen molar-refractivity contribution in [2.24, 2.45) is 0 Å². The van der Waals surface area contributed by atoms with Gasteiger partial charge in [-0.1, -0.05) is 36.4 Å². The Bertz CT molecular complexity index is 1160. The van der Waals surface area contributed by atoms with Crippen LogP contribution in [0.3, 0.4) is 0 Å². The number of piperazine rings is 1. The monoisotopic (exact) mass is 508 g/mol. The van der Waals surface area contributed by atoms with Crippen LogP contribution in [-0.2, 0) is 11.4 Å². The van der Waals surface area contributed by atoms with Gasteiger partial charge in [0.1, 0.15) is 18.1 Å². The first-order valence-corrected chi connectivity index (χ1v) is 12.3. The van der Waals surface area contributed by atoms with E-state index in [1.807, 2.05) is 55.5 Å². The van der Waals surface area contributed by atoms with E-state index < -0.39 is 5.97 Å². The summed E-state index contributed by atoms with van der Waals surface area (Å²) in [5.74, 6) is 0.377. The van der Waals surface area contributed by atoms with Gasteiger partial charge in [0.15, 0.2) is 0 Å². The molecule has 1 heterocycles. The van der Waals surface area contributed by atoms with Crippen LogP contribution in [0.25, 0.3) is 0 Å². The number of carboxylic acid groups (broad SMARTS) is 1. The zero-order valence-corrected chi connectivity index (χ0v) is 23.9. The predicted molar refractivity (Wildman–Crippen MR) is 142 cm³/mol. The normalized spacial score (nSPS) is 14.2. The molecule has 3 aromatic rings. The molecule has 1 fully saturated rings. The van der Waals surface area contributed by atoms with Crippen LogP contribution in [0.1, 0.15) is 30.4 Å². The largest absolute Gasteiger partial charge is 1.00 e. The van der Waals surface area contributed by atoms with Crippen LogP contribution in [0.4, 0.5) is 11.4 Å². The van der Waals surface area contributed by atoms with Crippen LogP contribution >= 0.6 is 0 Å². The van der Waals surface area contributed by atoms with Crippen molar-refractivity contribution >= 4 is 17.3 Å². The van der Waals surface area contributed by atoms with Gasteiger partial charge in [0, 0.05) is 49.4 Å². The predicted octanol–water partition coefficient (Wildman–Crippen LogP) is 1.40. The maximum atomic E-state index is 11.0. The summed E-state index contributed by atoms with van der Waals surface area (Å²) in [7, 11) is 1.69. The molecule has 0 saturated carbocycles. The Morgan fingerprint density at radius 1 is 0.919 bits per heavy atom. The Balaban J connectivity index is 0.00000380. The first kappa shape index (κ1) is 28.6. The van der Waals surface area contributed by atoms with Crippen molar-refractivity contribution in [3.63, 3.8) is 0 Å². The van der Waals surface area contributed by atoms with Gasteiger partial charge < -0.3 is 29.2 Å². The molecule has 188 valence electrons. The van der Waals surface area contributed by atoms with E-state index in [0.717, 1.165) is 48.8 Å². The van der Waals surface area contributed by atoms with Crippen molar-refractivity contribution in [3.8, 4) is 11.5 Å². The minimum absolute atomic E-state index is 0. The third-order valence-electron chi connectivity index (χ3n) is 6.52. The molecular formula is C30H33N2NaO4. The summed E-state index contributed by atoms with van der Waals surface area (Å²) in [6.45, 7) is 6.19. The zero-order valence-electron chi connectivity index (χ0n) is 21.9. The van der Waals surface area contributed by atoms with Gasteiger partial charge in [0.2, 0.25) is 0 Å². The van der Waals surface area contributed by atoms with E-state index in [1.54, 1.807) is 7.11 Å². The Morgan fingerprint density at radius 2 is 1.54 bits per heavy atom. The molecular weight excluding hydrogens is 475 g/mol. The smallest absolute Gasteiger partial charge is 0.550 e. The van der Waals surface area contributed by atoms with Gasteiger partial charge in [-0.05, 0) is 73.0 Å². The number of hydrogen-bond acceptors (Lipinski definition) is 6. The molecule has 1 aliphatic heterocycles. The summed E-state index contributed by atoms with van der Waals surface area (Å²) in [6.07, 6.45) is 3.71. The maximum absolute atomic E-state index is 11.0. The maximum Gasteiger partial charge on any atom is 1.00 e. The SMILES string of the molecule is CC=C[C@H](CC(=O)[O-])c1ccc(OCc2cccc(N3CCN(c4ccc(OC)cc4)CC3)c2)cc1.[Na+]. The van der Waals surface area contributed by atoms with Gasteiger partial charge in [0.25, 0.3) is 0 Å². The van der Waals surface area contributed by atoms with Gasteiger partial charge in [-0.25, -0.2) is 0 Å². The zero-order chi connectivity index (χ0) is 25.3. The number of benzene rings is 3. The number of rotatable bonds is 10. The Hall–Kier alpha value is -2.93. The molecule has 37 heavy (non-hydrogen) atoms. The Labute approximate surface area is 241 Å². The molecule has 0 spiro atoms. The van der Waals surface area contributed by atoms with Gasteiger partial charge in [-0.3, -0.25) is 0 Å². The summed E-state index contributed by atoms with van der Waals surface area (Å²) < 4.78 is 11.3. The molecule has 0 bridgehead atoms. The fourth-order valence-corrected chi connectivity index (χ4v) is 4.55. The van der Waals surface area contributed by atoms with E-state index in [9.17, 15) is 9.90 Å². The van der Waals surface area contributed by atoms with Gasteiger partial charge in [0.05, 0.1) is 7.11 Å². The molecule has 1 atom stereocenters. The summed E-state index contributed by atoms with van der Waals surface area (Å²) in [4.78, 5) is 15.9. The van der Waals surface area contributed by atoms with Crippen molar-refractivity contribution < 1.29 is 48.9 Å². The number of methoxy groups -OCH3 is 1. The molecule has 3 aromatic carbocycles. The summed E-state index contributed by atoms with van der Waals surface area (Å²) >= 11 is 0. The van der Waals surface area contributed by atoms with E-state index >= 15 is 0 Å². The molecule has 0 amide bonds. The first-order chi connectivity index (χ1) is 17.6. The van der Waals surface area contributed by atoms with E-state index in [4.69, 9.17) is 9.47 Å². The summed E-state index contributed by atoms with van der Waals surface area (Å²) in [5, 5.41) is 11.0. The van der Waals surface area contributed by atoms with E-state index in [-0.39, 0.29) is 41.9 Å². The number of carbonyl (C=O) groups excluding carboxylic acids is 1. The van der Waals surface area contributed by atoms with Gasteiger partial charge in [-0.2, -0.15) is 0 Å². The molecule has 0 aromatic heterocycles. The topological polar surface area (TPSA) is 65.1 Å². The van der Waals surface area contributed by atoms with E-state index in [1.165, 1.54) is 11.4 Å². The molecule has 1 saturated heterocycles. The molecule has 0 N–H and O–H groups in total. The third-order valence-corrected chi connectivity index (χ3v) is 6.52. The molecule has 4 rings (SSSR count). The fraction of sp³-hybridized carbons (Fsp3) is 0.300. The second-order valence-corrected chi connectivity index (χ2v) is 8.91. The molecule has 0 aliphatic carbocycles. The van der Waals surface area contributed by atoms with Crippen molar-refractivity contribution in [3.05, 3.63) is 96.1 Å². The van der Waals surface area contributed by atoms with Crippen LogP contribution in [0.5, 0.6) is 11.5 Å². The van der Waals surface area contributed by atoms with Crippen LogP contribution in [0.2, 0.25) is 0 Å². The molecule has 7 heteroatoms. The molecule has 0 unspecified atom stereocenters. The number of nitrogens with zero attached hydrogens (tertiary/aromatic N) is 2. The van der Waals surface area contributed by atoms with E-state index in [2.05, 4.69) is 46.2 Å². The van der Waals surface area contributed by atoms with E-state index in [0.29, 0.717) is 6.61 Å². The number of carbonyl (C=O) groups is 1. The second-order valence-electron chi connectivity index (χ2n) is 8.91. The van der Waals surface area contributed by atoms with Gasteiger partial charge in [-0.15, -0.1) is 0 Å². The standard InChI is InChI=1S/C30H34N2O4.Na/c1-3-5-25(21-30(33)34)24-8-12-29(13-9-24)36-22-23-6-4-7-27(20-23)32-18-16-31(17-19-32)26-10-14-28(35-2)15-11-26;/h3-15,20,25H,16-19,21-22H2,1-2H3,(H,33,34);/q;+1/p-1/t25-;/m1./s1. The minimum Gasteiger partial charge on any atom is -0.550 e. The summed E-state index contributed by atoms with van der Waals surface area (Å²) in [5.41, 5.74) is 4.47. The van der Waals surface area contributed by atoms with Crippen LogP contribution in [0, 0.1) is 0 Å². The average Bonchev–Trinajstić information content (AvgIpc) is 2.92. The average molecular weight is 509 g/mol. The number of ether oxygens (including phenoxy) is 2. The number of anilines is 2. The van der Waals surface area contributed by atoms with Crippen molar-refractivity contribution in [1.29, 1.82) is 0 Å². The second kappa shape index (κ2) is 14.1.